The first kappa shape index (κ1) is 14.3. The Morgan fingerprint density at radius 3 is 1.65 bits per heavy atom. The lowest BCUT2D eigenvalue weighted by Gasteiger charge is -2.40. The molecule has 3 nitrogen and oxygen atoms in total. The molecule has 0 spiro atoms. The molecule has 0 aliphatic rings. The minimum atomic E-state index is -1.53. The van der Waals surface area contributed by atoms with Crippen LogP contribution in [0.3, 0.4) is 0 Å². The van der Waals surface area contributed by atoms with Crippen molar-refractivity contribution >= 4 is 5.97 Å². The zero-order chi connectivity index (χ0) is 14.8. The molecule has 20 heavy (non-hydrogen) atoms. The Hall–Kier alpha value is -2.13. The summed E-state index contributed by atoms with van der Waals surface area (Å²) in [4.78, 5) is 11.9. The lowest BCUT2D eigenvalue weighted by Crippen LogP contribution is -2.50. The van der Waals surface area contributed by atoms with E-state index in [0.717, 1.165) is 0 Å². The first-order valence-corrected chi connectivity index (χ1v) is 6.47. The first-order chi connectivity index (χ1) is 9.40. The Balaban J connectivity index is 2.62. The maximum atomic E-state index is 11.9. The molecule has 2 rings (SSSR count). The second-order valence-electron chi connectivity index (χ2n) is 5.23. The van der Waals surface area contributed by atoms with Crippen LogP contribution in [0.25, 0.3) is 0 Å². The summed E-state index contributed by atoms with van der Waals surface area (Å²) in [5, 5.41) is 20.7. The van der Waals surface area contributed by atoms with Gasteiger partial charge in [-0.15, -0.1) is 0 Å². The summed E-state index contributed by atoms with van der Waals surface area (Å²) in [6.07, 6.45) is 0. The van der Waals surface area contributed by atoms with Crippen LogP contribution in [0.5, 0.6) is 0 Å². The summed E-state index contributed by atoms with van der Waals surface area (Å²) < 4.78 is 0. The van der Waals surface area contributed by atoms with Crippen molar-refractivity contribution in [1.29, 1.82) is 0 Å². The van der Waals surface area contributed by atoms with Crippen LogP contribution in [0.15, 0.2) is 60.7 Å². The molecule has 0 radical (unpaired) electrons. The quantitative estimate of drug-likeness (QED) is 0.898. The number of carbonyl (C=O) groups is 1. The maximum absolute atomic E-state index is 11.9. The van der Waals surface area contributed by atoms with Crippen LogP contribution in [0.1, 0.15) is 25.0 Å². The van der Waals surface area contributed by atoms with Crippen LogP contribution in [0, 0.1) is 0 Å². The van der Waals surface area contributed by atoms with Crippen LogP contribution in [0.2, 0.25) is 0 Å². The number of aliphatic hydroxyl groups is 1. The van der Waals surface area contributed by atoms with E-state index in [1.54, 1.807) is 62.4 Å². The second-order valence-corrected chi connectivity index (χ2v) is 5.23. The molecule has 104 valence electrons. The molecule has 0 bridgehead atoms. The molecule has 0 aliphatic carbocycles. The van der Waals surface area contributed by atoms with Gasteiger partial charge in [0.1, 0.15) is 11.0 Å². The highest BCUT2D eigenvalue weighted by molar-refractivity contribution is 5.83. The lowest BCUT2D eigenvalue weighted by molar-refractivity contribution is -0.155. The van der Waals surface area contributed by atoms with Gasteiger partial charge in [0, 0.05) is 0 Å². The van der Waals surface area contributed by atoms with Gasteiger partial charge in [-0.25, -0.2) is 0 Å². The highest BCUT2D eigenvalue weighted by Crippen LogP contribution is 2.42. The van der Waals surface area contributed by atoms with Crippen molar-refractivity contribution in [2.45, 2.75) is 24.9 Å². The predicted octanol–water partition coefficient (Wildman–Crippen LogP) is 2.94. The molecule has 0 saturated carbocycles. The summed E-state index contributed by atoms with van der Waals surface area (Å²) in [6, 6.07) is 17.7. The molecule has 2 unspecified atom stereocenters. The standard InChI is InChI=1S/C17H18O3/c1-16(15(18)19,13-9-5-3-6-10-13)17(2,20)14-11-7-4-8-12-14/h3-12,20H,1-2H3,(H,18,19). The fourth-order valence-corrected chi connectivity index (χ4v) is 2.44. The Morgan fingerprint density at radius 2 is 1.25 bits per heavy atom. The van der Waals surface area contributed by atoms with E-state index in [0.29, 0.717) is 11.1 Å². The summed E-state index contributed by atoms with van der Waals surface area (Å²) in [5.74, 6) is -1.06. The molecule has 2 N–H and O–H groups in total. The van der Waals surface area contributed by atoms with Crippen molar-refractivity contribution in [2.75, 3.05) is 0 Å². The van der Waals surface area contributed by atoms with E-state index >= 15 is 0 Å². The third kappa shape index (κ3) is 2.10. The van der Waals surface area contributed by atoms with E-state index in [9.17, 15) is 15.0 Å². The number of aliphatic carboxylic acids is 1. The Labute approximate surface area is 118 Å². The molecule has 0 aromatic heterocycles. The summed E-state index contributed by atoms with van der Waals surface area (Å²) in [5.41, 5.74) is -1.81. The maximum Gasteiger partial charge on any atom is 0.317 e. The van der Waals surface area contributed by atoms with Gasteiger partial charge >= 0.3 is 5.97 Å². The summed E-state index contributed by atoms with van der Waals surface area (Å²) >= 11 is 0. The van der Waals surface area contributed by atoms with Gasteiger partial charge in [-0.05, 0) is 25.0 Å². The van der Waals surface area contributed by atoms with Crippen molar-refractivity contribution in [2.24, 2.45) is 0 Å². The number of carboxylic acid groups (broad SMARTS) is 1. The van der Waals surface area contributed by atoms with Crippen molar-refractivity contribution in [3.05, 3.63) is 71.8 Å². The molecular weight excluding hydrogens is 252 g/mol. The van der Waals surface area contributed by atoms with E-state index in [1.807, 2.05) is 12.1 Å². The van der Waals surface area contributed by atoms with Gasteiger partial charge in [-0.1, -0.05) is 60.7 Å². The zero-order valence-corrected chi connectivity index (χ0v) is 11.6. The van der Waals surface area contributed by atoms with Crippen LogP contribution in [0.4, 0.5) is 0 Å². The van der Waals surface area contributed by atoms with Gasteiger partial charge in [0.2, 0.25) is 0 Å². The predicted molar refractivity (Wildman–Crippen MR) is 77.4 cm³/mol. The van der Waals surface area contributed by atoms with Crippen LogP contribution >= 0.6 is 0 Å². The number of benzene rings is 2. The molecule has 0 heterocycles. The van der Waals surface area contributed by atoms with E-state index in [4.69, 9.17) is 0 Å². The van der Waals surface area contributed by atoms with Gasteiger partial charge in [-0.3, -0.25) is 4.79 Å². The highest BCUT2D eigenvalue weighted by atomic mass is 16.4. The molecule has 2 atom stereocenters. The normalized spacial score (nSPS) is 16.9. The van der Waals surface area contributed by atoms with Crippen molar-refractivity contribution in [1.82, 2.24) is 0 Å². The Morgan fingerprint density at radius 1 is 0.850 bits per heavy atom. The lowest BCUT2D eigenvalue weighted by atomic mass is 9.66. The van der Waals surface area contributed by atoms with Crippen LogP contribution < -0.4 is 0 Å². The molecule has 0 saturated heterocycles. The van der Waals surface area contributed by atoms with E-state index in [2.05, 4.69) is 0 Å². The average molecular weight is 270 g/mol. The molecule has 0 fully saturated rings. The Kier molecular flexibility index (Phi) is 3.64. The number of carboxylic acids is 1. The van der Waals surface area contributed by atoms with Gasteiger partial charge in [0.15, 0.2) is 0 Å². The number of rotatable bonds is 4. The molecular formula is C17H18O3. The zero-order valence-electron chi connectivity index (χ0n) is 11.6. The Bertz CT molecular complexity index is 590. The third-order valence-corrected chi connectivity index (χ3v) is 4.09. The largest absolute Gasteiger partial charge is 0.480 e. The van der Waals surface area contributed by atoms with Crippen LogP contribution in [-0.2, 0) is 15.8 Å². The van der Waals surface area contributed by atoms with Crippen molar-refractivity contribution < 1.29 is 15.0 Å². The molecule has 2 aromatic rings. The fourth-order valence-electron chi connectivity index (χ4n) is 2.44. The summed E-state index contributed by atoms with van der Waals surface area (Å²) in [7, 11) is 0. The molecule has 3 heteroatoms. The molecule has 0 aliphatic heterocycles. The number of hydrogen-bond donors (Lipinski definition) is 2. The minimum absolute atomic E-state index is 0.571. The van der Waals surface area contributed by atoms with E-state index in [-0.39, 0.29) is 0 Å². The van der Waals surface area contributed by atoms with E-state index < -0.39 is 17.0 Å². The van der Waals surface area contributed by atoms with Gasteiger partial charge in [0.25, 0.3) is 0 Å². The second kappa shape index (κ2) is 5.10. The third-order valence-electron chi connectivity index (χ3n) is 4.09. The van der Waals surface area contributed by atoms with Crippen molar-refractivity contribution in [3.8, 4) is 0 Å². The topological polar surface area (TPSA) is 57.5 Å². The van der Waals surface area contributed by atoms with Gasteiger partial charge in [-0.2, -0.15) is 0 Å². The minimum Gasteiger partial charge on any atom is -0.480 e. The average Bonchev–Trinajstić information content (AvgIpc) is 2.47. The fraction of sp³-hybridized carbons (Fsp3) is 0.235. The molecule has 2 aromatic carbocycles. The van der Waals surface area contributed by atoms with Crippen LogP contribution in [-0.4, -0.2) is 16.2 Å². The number of hydrogen-bond acceptors (Lipinski definition) is 2. The smallest absolute Gasteiger partial charge is 0.317 e. The van der Waals surface area contributed by atoms with Crippen molar-refractivity contribution in [3.63, 3.8) is 0 Å². The first-order valence-electron chi connectivity index (χ1n) is 6.47. The highest BCUT2D eigenvalue weighted by Gasteiger charge is 2.51. The summed E-state index contributed by atoms with van der Waals surface area (Å²) in [6.45, 7) is 3.10. The monoisotopic (exact) mass is 270 g/mol. The SMILES string of the molecule is CC(O)(c1ccccc1)C(C)(C(=O)O)c1ccccc1. The van der Waals surface area contributed by atoms with E-state index in [1.165, 1.54) is 0 Å². The van der Waals surface area contributed by atoms with Gasteiger partial charge < -0.3 is 10.2 Å². The molecule has 0 amide bonds. The van der Waals surface area contributed by atoms with Gasteiger partial charge in [0.05, 0.1) is 0 Å².